The van der Waals surface area contributed by atoms with Gasteiger partial charge in [0.15, 0.2) is 0 Å². The summed E-state index contributed by atoms with van der Waals surface area (Å²) in [6.07, 6.45) is 0. The number of rotatable bonds is 6. The summed E-state index contributed by atoms with van der Waals surface area (Å²) >= 11 is 0. The van der Waals surface area contributed by atoms with Crippen LogP contribution in [-0.2, 0) is 0 Å². The number of amidine groups is 4. The highest BCUT2D eigenvalue weighted by atomic mass is 16.5. The molecule has 0 radical (unpaired) electrons. The topological polar surface area (TPSA) is 210 Å². The zero-order chi connectivity index (χ0) is 33.1. The van der Waals surface area contributed by atoms with Crippen LogP contribution in [0.4, 0.5) is 0 Å². The first kappa shape index (κ1) is 31.7. The maximum atomic E-state index is 8.81. The molecule has 0 bridgehead atoms. The van der Waals surface area contributed by atoms with Crippen LogP contribution in [0.25, 0.3) is 43.9 Å². The Balaban J connectivity index is 0.000000184. The largest absolute Gasteiger partial charge is 0.456 e. The van der Waals surface area contributed by atoms with Crippen LogP contribution in [0.15, 0.2) is 81.6 Å². The molecule has 236 valence electrons. The van der Waals surface area contributed by atoms with E-state index in [9.17, 15) is 0 Å². The molecular formula is C34H36N8O4. The minimum absolute atomic E-state index is 0.118. The Bertz CT molecular complexity index is 1980. The van der Waals surface area contributed by atoms with Gasteiger partial charge in [-0.3, -0.25) is 43.0 Å². The van der Waals surface area contributed by atoms with Gasteiger partial charge in [0.05, 0.1) is 0 Å². The third-order valence-corrected chi connectivity index (χ3v) is 7.18. The number of hydrogen-bond acceptors (Lipinski definition) is 8. The maximum absolute atomic E-state index is 8.81. The average Bonchev–Trinajstić information content (AvgIpc) is 3.60. The predicted octanol–water partition coefficient (Wildman–Crippen LogP) is 6.43. The van der Waals surface area contributed by atoms with E-state index in [0.717, 1.165) is 43.8 Å². The van der Waals surface area contributed by atoms with E-state index in [2.05, 4.69) is 10.6 Å². The van der Waals surface area contributed by atoms with Crippen LogP contribution in [0, 0.1) is 21.6 Å². The predicted molar refractivity (Wildman–Crippen MR) is 181 cm³/mol. The van der Waals surface area contributed by atoms with Gasteiger partial charge in [0.2, 0.25) is 0 Å². The molecule has 0 aliphatic rings. The van der Waals surface area contributed by atoms with E-state index in [-0.39, 0.29) is 23.8 Å². The third kappa shape index (κ3) is 6.53. The van der Waals surface area contributed by atoms with Crippen molar-refractivity contribution in [3.63, 3.8) is 0 Å². The van der Waals surface area contributed by atoms with Crippen molar-refractivity contribution >= 4 is 67.2 Å². The molecule has 4 aromatic carbocycles. The van der Waals surface area contributed by atoms with Gasteiger partial charge in [-0.15, -0.1) is 0 Å². The maximum Gasteiger partial charge on any atom is 0.149 e. The number of fused-ring (bicyclic) bond motifs is 6. The lowest BCUT2D eigenvalue weighted by Gasteiger charge is -2.11. The lowest BCUT2D eigenvalue weighted by Crippen LogP contribution is -2.30. The van der Waals surface area contributed by atoms with Crippen LogP contribution in [0.2, 0.25) is 0 Å². The zero-order valence-corrected chi connectivity index (χ0v) is 25.8. The highest BCUT2D eigenvalue weighted by molar-refractivity contribution is 6.12. The van der Waals surface area contributed by atoms with E-state index in [4.69, 9.17) is 40.9 Å². The highest BCUT2D eigenvalue weighted by Gasteiger charge is 2.14. The zero-order valence-electron chi connectivity index (χ0n) is 25.8. The Labute approximate surface area is 264 Å². The molecule has 0 saturated carbocycles. The summed E-state index contributed by atoms with van der Waals surface area (Å²) in [6, 6.07) is 22.1. The minimum atomic E-state index is -0.118. The molecule has 0 saturated heterocycles. The van der Waals surface area contributed by atoms with Gasteiger partial charge in [0, 0.05) is 55.9 Å². The first-order valence-corrected chi connectivity index (χ1v) is 14.6. The summed E-state index contributed by atoms with van der Waals surface area (Å²) in [4.78, 5) is 0. The first-order chi connectivity index (χ1) is 22.0. The van der Waals surface area contributed by atoms with Gasteiger partial charge in [0.25, 0.3) is 0 Å². The van der Waals surface area contributed by atoms with Crippen molar-refractivity contribution < 1.29 is 19.2 Å². The molecular weight excluding hydrogens is 584 g/mol. The van der Waals surface area contributed by atoms with E-state index < -0.39 is 0 Å². The summed E-state index contributed by atoms with van der Waals surface area (Å²) < 4.78 is 11.6. The number of hydroxylamine groups is 2. The molecule has 46 heavy (non-hydrogen) atoms. The Hall–Kier alpha value is -5.72. The minimum Gasteiger partial charge on any atom is -0.456 e. The van der Waals surface area contributed by atoms with E-state index >= 15 is 0 Å². The Morgan fingerprint density at radius 1 is 0.478 bits per heavy atom. The van der Waals surface area contributed by atoms with Crippen molar-refractivity contribution in [1.29, 1.82) is 21.6 Å². The molecule has 2 aromatic heterocycles. The molecule has 0 aliphatic carbocycles. The SMILES string of the molecule is CC(C)NC(=N)c1ccc2oc3ccc(C(=N)NC(C)C)cc3c2c1.N=C(NO)c1ccc2oc3ccc(C(=N)NO)cc3c2c1. The van der Waals surface area contributed by atoms with E-state index in [1.54, 1.807) is 47.4 Å². The fourth-order valence-corrected chi connectivity index (χ4v) is 5.05. The van der Waals surface area contributed by atoms with Crippen molar-refractivity contribution in [3.8, 4) is 0 Å². The van der Waals surface area contributed by atoms with Crippen molar-refractivity contribution in [3.05, 3.63) is 95.1 Å². The van der Waals surface area contributed by atoms with Gasteiger partial charge in [0.1, 0.15) is 45.7 Å². The molecule has 12 heteroatoms. The van der Waals surface area contributed by atoms with Gasteiger partial charge < -0.3 is 19.5 Å². The highest BCUT2D eigenvalue weighted by Crippen LogP contribution is 2.31. The van der Waals surface area contributed by atoms with E-state index in [1.807, 2.05) is 64.1 Å². The second-order valence-corrected chi connectivity index (χ2v) is 11.4. The van der Waals surface area contributed by atoms with Crippen LogP contribution in [0.1, 0.15) is 49.9 Å². The molecule has 0 aliphatic heterocycles. The summed E-state index contributed by atoms with van der Waals surface area (Å²) in [5.74, 6) is 0.563. The van der Waals surface area contributed by atoms with Gasteiger partial charge in [-0.1, -0.05) is 0 Å². The number of furan rings is 2. The van der Waals surface area contributed by atoms with Crippen molar-refractivity contribution in [2.24, 2.45) is 0 Å². The van der Waals surface area contributed by atoms with Crippen LogP contribution in [-0.4, -0.2) is 45.8 Å². The van der Waals surface area contributed by atoms with Gasteiger partial charge in [-0.25, -0.2) is 0 Å². The van der Waals surface area contributed by atoms with Gasteiger partial charge >= 0.3 is 0 Å². The molecule has 0 atom stereocenters. The van der Waals surface area contributed by atoms with Crippen LogP contribution in [0.3, 0.4) is 0 Å². The lowest BCUT2D eigenvalue weighted by molar-refractivity contribution is 0.234. The fourth-order valence-electron chi connectivity index (χ4n) is 5.05. The molecule has 6 aromatic rings. The number of nitrogens with one attached hydrogen (secondary N) is 8. The van der Waals surface area contributed by atoms with E-state index in [1.165, 1.54) is 0 Å². The summed E-state index contributed by atoms with van der Waals surface area (Å²) in [7, 11) is 0. The monoisotopic (exact) mass is 620 g/mol. The second kappa shape index (κ2) is 13.1. The molecule has 6 rings (SSSR count). The molecule has 2 heterocycles. The lowest BCUT2D eigenvalue weighted by atomic mass is 10.1. The van der Waals surface area contributed by atoms with Crippen molar-refractivity contribution in [1.82, 2.24) is 21.6 Å². The molecule has 0 amide bonds. The molecule has 0 unspecified atom stereocenters. The Morgan fingerprint density at radius 3 is 0.978 bits per heavy atom. The van der Waals surface area contributed by atoms with Crippen LogP contribution >= 0.6 is 0 Å². The van der Waals surface area contributed by atoms with Crippen LogP contribution < -0.4 is 21.6 Å². The van der Waals surface area contributed by atoms with Gasteiger partial charge in [-0.2, -0.15) is 0 Å². The van der Waals surface area contributed by atoms with E-state index in [0.29, 0.717) is 34.0 Å². The summed E-state index contributed by atoms with van der Waals surface area (Å²) in [6.45, 7) is 8.06. The van der Waals surface area contributed by atoms with Crippen molar-refractivity contribution in [2.45, 2.75) is 39.8 Å². The molecule has 12 nitrogen and oxygen atoms in total. The third-order valence-electron chi connectivity index (χ3n) is 7.18. The fraction of sp³-hybridized carbons (Fsp3) is 0.176. The molecule has 0 fully saturated rings. The Kier molecular flexibility index (Phi) is 9.03. The first-order valence-electron chi connectivity index (χ1n) is 14.6. The summed E-state index contributed by atoms with van der Waals surface area (Å²) in [5, 5.41) is 58.9. The standard InChI is InChI=1S/C20H24N4O.C14H12N4O3/c1-11(2)23-19(21)13-5-7-17-15(9-13)16-10-14(6-8-18(16)25-17)20(22)24-12(3)4;15-13(17-19)7-1-3-11-9(5-7)10-6-8(14(16)18-20)2-4-12(10)21-11/h5-12H,1-4H3,(H2,21,23)(H2,22,24);1-6,19-20H,(H2,15,17)(H2,16,18). The average molecular weight is 621 g/mol. The molecule has 0 spiro atoms. The smallest absolute Gasteiger partial charge is 0.149 e. The second-order valence-electron chi connectivity index (χ2n) is 11.4. The quantitative estimate of drug-likeness (QED) is 0.0568. The van der Waals surface area contributed by atoms with Gasteiger partial charge in [-0.05, 0) is 100 Å². The van der Waals surface area contributed by atoms with Crippen molar-refractivity contribution in [2.75, 3.05) is 0 Å². The summed E-state index contributed by atoms with van der Waals surface area (Å²) in [5.41, 5.74) is 9.12. The van der Waals surface area contributed by atoms with Crippen LogP contribution in [0.5, 0.6) is 0 Å². The normalized spacial score (nSPS) is 11.1. The molecule has 10 N–H and O–H groups in total. The number of benzene rings is 4. The number of hydrogen-bond donors (Lipinski definition) is 10. The Morgan fingerprint density at radius 2 is 0.739 bits per heavy atom.